The van der Waals surface area contributed by atoms with Gasteiger partial charge in [-0.2, -0.15) is 0 Å². The minimum atomic E-state index is -0.411. The average Bonchev–Trinajstić information content (AvgIpc) is 2.53. The van der Waals surface area contributed by atoms with Crippen LogP contribution in [-0.4, -0.2) is 17.3 Å². The molecule has 3 rings (SSSR count). The van der Waals surface area contributed by atoms with Gasteiger partial charge in [0.2, 0.25) is 6.54 Å². The molecule has 2 unspecified atom stereocenters. The lowest BCUT2D eigenvalue weighted by Gasteiger charge is -2.29. The number of Topliss-reactive ketones (excluding diaryl/α,β-unsaturated/α-hetero) is 1. The van der Waals surface area contributed by atoms with Crippen LogP contribution >= 0.6 is 11.6 Å². The number of fused-ring (bicyclic) bond motifs is 1. The standard InChI is InChI=1S/C18H16ClNO3/c19-15-7-6-13-10-18(21)16(9-14(13)8-15)17(11-20(22)23)12-4-2-1-3-5-12/h1-8,16-17H,9-11H2. The summed E-state index contributed by atoms with van der Waals surface area (Å²) in [5.74, 6) is -0.727. The van der Waals surface area contributed by atoms with E-state index in [1.54, 1.807) is 6.07 Å². The summed E-state index contributed by atoms with van der Waals surface area (Å²) in [4.78, 5) is 23.4. The van der Waals surface area contributed by atoms with Gasteiger partial charge in [-0.3, -0.25) is 14.9 Å². The lowest BCUT2D eigenvalue weighted by molar-refractivity contribution is -0.484. The Balaban J connectivity index is 1.96. The minimum absolute atomic E-state index is 0.0653. The molecular weight excluding hydrogens is 314 g/mol. The van der Waals surface area contributed by atoms with Crippen LogP contribution in [0.4, 0.5) is 0 Å². The molecule has 0 amide bonds. The van der Waals surface area contributed by atoms with Crippen molar-refractivity contribution in [3.05, 3.63) is 80.4 Å². The zero-order valence-corrected chi connectivity index (χ0v) is 13.2. The van der Waals surface area contributed by atoms with E-state index in [1.807, 2.05) is 42.5 Å². The predicted molar refractivity (Wildman–Crippen MR) is 88.4 cm³/mol. The Hall–Kier alpha value is -2.20. The highest BCUT2D eigenvalue weighted by Gasteiger charge is 2.36. The number of nitrogens with zero attached hydrogens (tertiary/aromatic N) is 1. The first-order valence-electron chi connectivity index (χ1n) is 7.51. The number of halogens is 1. The summed E-state index contributed by atoms with van der Waals surface area (Å²) in [6.45, 7) is -0.240. The maximum absolute atomic E-state index is 12.6. The van der Waals surface area contributed by atoms with E-state index in [0.29, 0.717) is 17.9 Å². The van der Waals surface area contributed by atoms with Crippen molar-refractivity contribution < 1.29 is 9.72 Å². The molecule has 2 atom stereocenters. The molecule has 1 aliphatic rings. The summed E-state index contributed by atoms with van der Waals surface area (Å²) in [7, 11) is 0. The monoisotopic (exact) mass is 329 g/mol. The molecule has 0 aliphatic heterocycles. The second-order valence-corrected chi connectivity index (χ2v) is 6.34. The van der Waals surface area contributed by atoms with Crippen molar-refractivity contribution in [3.8, 4) is 0 Å². The first-order chi connectivity index (χ1) is 11.0. The molecule has 0 aromatic heterocycles. The minimum Gasteiger partial charge on any atom is -0.299 e. The van der Waals surface area contributed by atoms with Crippen LogP contribution in [0.3, 0.4) is 0 Å². The van der Waals surface area contributed by atoms with Crippen molar-refractivity contribution >= 4 is 17.4 Å². The van der Waals surface area contributed by atoms with Crippen molar-refractivity contribution in [2.45, 2.75) is 18.8 Å². The van der Waals surface area contributed by atoms with Crippen LogP contribution in [0.25, 0.3) is 0 Å². The number of hydrogen-bond acceptors (Lipinski definition) is 3. The fraction of sp³-hybridized carbons (Fsp3) is 0.278. The quantitative estimate of drug-likeness (QED) is 0.635. The van der Waals surface area contributed by atoms with Crippen LogP contribution in [0.5, 0.6) is 0 Å². The first-order valence-corrected chi connectivity index (χ1v) is 7.89. The zero-order chi connectivity index (χ0) is 16.4. The molecule has 1 aliphatic carbocycles. The van der Waals surface area contributed by atoms with Crippen LogP contribution in [-0.2, 0) is 17.6 Å². The van der Waals surface area contributed by atoms with Crippen molar-refractivity contribution in [1.29, 1.82) is 0 Å². The van der Waals surface area contributed by atoms with E-state index in [-0.39, 0.29) is 23.2 Å². The highest BCUT2D eigenvalue weighted by molar-refractivity contribution is 6.30. The van der Waals surface area contributed by atoms with Gasteiger partial charge in [-0.1, -0.05) is 48.0 Å². The number of ketones is 1. The molecule has 2 aromatic rings. The average molecular weight is 330 g/mol. The summed E-state index contributed by atoms with van der Waals surface area (Å²) in [6.07, 6.45) is 0.820. The molecule has 0 bridgehead atoms. The largest absolute Gasteiger partial charge is 0.299 e. The van der Waals surface area contributed by atoms with Crippen LogP contribution in [0.2, 0.25) is 5.02 Å². The van der Waals surface area contributed by atoms with Gasteiger partial charge in [0.05, 0.1) is 5.92 Å². The Bertz CT molecular complexity index is 745. The van der Waals surface area contributed by atoms with Crippen LogP contribution in [0.1, 0.15) is 22.6 Å². The van der Waals surface area contributed by atoms with E-state index in [2.05, 4.69) is 0 Å². The van der Waals surface area contributed by atoms with E-state index >= 15 is 0 Å². The van der Waals surface area contributed by atoms with Crippen molar-refractivity contribution in [2.75, 3.05) is 6.54 Å². The SMILES string of the molecule is O=C1Cc2ccc(Cl)cc2CC1C(C[N+](=O)[O-])c1ccccc1. The molecule has 0 saturated carbocycles. The summed E-state index contributed by atoms with van der Waals surface area (Å²) >= 11 is 6.05. The van der Waals surface area contributed by atoms with Gasteiger partial charge in [0.15, 0.2) is 0 Å². The zero-order valence-electron chi connectivity index (χ0n) is 12.4. The smallest absolute Gasteiger partial charge is 0.211 e. The Morgan fingerprint density at radius 1 is 1.17 bits per heavy atom. The van der Waals surface area contributed by atoms with Gasteiger partial charge in [-0.25, -0.2) is 0 Å². The molecule has 23 heavy (non-hydrogen) atoms. The number of carbonyl (C=O) groups is 1. The normalized spacial score (nSPS) is 18.3. The number of rotatable bonds is 4. The third-order valence-electron chi connectivity index (χ3n) is 4.45. The number of carbonyl (C=O) groups excluding carboxylic acids is 1. The fourth-order valence-corrected chi connectivity index (χ4v) is 3.51. The summed E-state index contributed by atoms with van der Waals surface area (Å²) in [5, 5.41) is 11.7. The molecule has 2 aromatic carbocycles. The van der Waals surface area contributed by atoms with E-state index in [1.165, 1.54) is 0 Å². The van der Waals surface area contributed by atoms with Crippen LogP contribution < -0.4 is 0 Å². The molecule has 0 radical (unpaired) electrons. The van der Waals surface area contributed by atoms with Gasteiger partial charge in [-0.05, 0) is 35.2 Å². The van der Waals surface area contributed by atoms with Crippen LogP contribution in [0, 0.1) is 16.0 Å². The molecule has 0 spiro atoms. The fourth-order valence-electron chi connectivity index (χ4n) is 3.32. The van der Waals surface area contributed by atoms with E-state index in [0.717, 1.165) is 16.7 Å². The maximum Gasteiger partial charge on any atom is 0.211 e. The predicted octanol–water partition coefficient (Wildman–Crippen LogP) is 3.68. The maximum atomic E-state index is 12.6. The Labute approximate surface area is 139 Å². The van der Waals surface area contributed by atoms with E-state index < -0.39 is 5.92 Å². The molecule has 0 N–H and O–H groups in total. The highest BCUT2D eigenvalue weighted by atomic mass is 35.5. The van der Waals surface area contributed by atoms with Crippen molar-refractivity contribution in [1.82, 2.24) is 0 Å². The van der Waals surface area contributed by atoms with Gasteiger partial charge in [0.25, 0.3) is 0 Å². The second kappa shape index (κ2) is 6.50. The van der Waals surface area contributed by atoms with E-state index in [4.69, 9.17) is 11.6 Å². The second-order valence-electron chi connectivity index (χ2n) is 5.90. The Kier molecular flexibility index (Phi) is 4.44. The molecule has 0 fully saturated rings. The number of hydrogen-bond donors (Lipinski definition) is 0. The van der Waals surface area contributed by atoms with Gasteiger partial charge in [0, 0.05) is 22.3 Å². The molecule has 4 nitrogen and oxygen atoms in total. The number of nitro groups is 1. The van der Waals surface area contributed by atoms with Crippen molar-refractivity contribution in [3.63, 3.8) is 0 Å². The summed E-state index contributed by atoms with van der Waals surface area (Å²) < 4.78 is 0. The topological polar surface area (TPSA) is 60.2 Å². The molecule has 5 heteroatoms. The number of benzene rings is 2. The third-order valence-corrected chi connectivity index (χ3v) is 4.68. The highest BCUT2D eigenvalue weighted by Crippen LogP contribution is 2.35. The van der Waals surface area contributed by atoms with Crippen molar-refractivity contribution in [2.24, 2.45) is 5.92 Å². The van der Waals surface area contributed by atoms with Gasteiger partial charge < -0.3 is 0 Å². The molecular formula is C18H16ClNO3. The summed E-state index contributed by atoms with van der Waals surface area (Å²) in [5.41, 5.74) is 2.84. The molecule has 0 saturated heterocycles. The van der Waals surface area contributed by atoms with Crippen LogP contribution in [0.15, 0.2) is 48.5 Å². The van der Waals surface area contributed by atoms with Gasteiger partial charge in [-0.15, -0.1) is 0 Å². The Morgan fingerprint density at radius 3 is 2.61 bits per heavy atom. The summed E-state index contributed by atoms with van der Waals surface area (Å²) in [6, 6.07) is 14.8. The molecule has 118 valence electrons. The molecule has 0 heterocycles. The lowest BCUT2D eigenvalue weighted by atomic mass is 9.73. The van der Waals surface area contributed by atoms with Gasteiger partial charge >= 0.3 is 0 Å². The Morgan fingerprint density at radius 2 is 1.91 bits per heavy atom. The van der Waals surface area contributed by atoms with Gasteiger partial charge in [0.1, 0.15) is 5.78 Å². The third kappa shape index (κ3) is 3.42. The first kappa shape index (κ1) is 15.7. The van der Waals surface area contributed by atoms with E-state index in [9.17, 15) is 14.9 Å². The lowest BCUT2D eigenvalue weighted by Crippen LogP contribution is -2.33.